The van der Waals surface area contributed by atoms with Gasteiger partial charge in [-0.3, -0.25) is 4.90 Å². The van der Waals surface area contributed by atoms with Crippen LogP contribution in [0.5, 0.6) is 0 Å². The Labute approximate surface area is 109 Å². The van der Waals surface area contributed by atoms with Crippen molar-refractivity contribution >= 4 is 18.4 Å². The summed E-state index contributed by atoms with van der Waals surface area (Å²) < 4.78 is 0. The van der Waals surface area contributed by atoms with E-state index in [4.69, 9.17) is 0 Å². The minimum absolute atomic E-state index is 0.680. The second kappa shape index (κ2) is 6.26. The van der Waals surface area contributed by atoms with E-state index in [1.807, 2.05) is 12.3 Å². The van der Waals surface area contributed by atoms with Crippen molar-refractivity contribution in [3.63, 3.8) is 0 Å². The number of anilines is 1. The second-order valence-corrected chi connectivity index (χ2v) is 5.13. The SMILES string of the molecule is CC(CS)CN1CCN(c2ccccn2)CC1. The largest absolute Gasteiger partial charge is 0.354 e. The molecule has 17 heavy (non-hydrogen) atoms. The van der Waals surface area contributed by atoms with Crippen molar-refractivity contribution in [2.45, 2.75) is 6.92 Å². The molecule has 2 heterocycles. The van der Waals surface area contributed by atoms with Crippen molar-refractivity contribution in [3.8, 4) is 0 Å². The Hall–Kier alpha value is -0.740. The van der Waals surface area contributed by atoms with Gasteiger partial charge in [0.15, 0.2) is 0 Å². The van der Waals surface area contributed by atoms with E-state index in [1.165, 1.54) is 6.54 Å². The zero-order chi connectivity index (χ0) is 12.1. The van der Waals surface area contributed by atoms with Gasteiger partial charge in [-0.2, -0.15) is 12.6 Å². The summed E-state index contributed by atoms with van der Waals surface area (Å²) in [6.45, 7) is 7.85. The molecule has 0 aromatic carbocycles. The average molecular weight is 251 g/mol. The van der Waals surface area contributed by atoms with Crippen LogP contribution in [-0.4, -0.2) is 48.4 Å². The zero-order valence-corrected chi connectivity index (χ0v) is 11.3. The molecule has 0 N–H and O–H groups in total. The summed E-state index contributed by atoms with van der Waals surface area (Å²) in [5.41, 5.74) is 0. The van der Waals surface area contributed by atoms with Gasteiger partial charge in [-0.15, -0.1) is 0 Å². The van der Waals surface area contributed by atoms with Crippen molar-refractivity contribution in [3.05, 3.63) is 24.4 Å². The number of aromatic nitrogens is 1. The molecule has 0 radical (unpaired) electrons. The van der Waals surface area contributed by atoms with Crippen molar-refractivity contribution in [1.82, 2.24) is 9.88 Å². The molecule has 1 saturated heterocycles. The fraction of sp³-hybridized carbons (Fsp3) is 0.615. The van der Waals surface area contributed by atoms with Crippen LogP contribution in [0.4, 0.5) is 5.82 Å². The third-order valence-electron chi connectivity index (χ3n) is 3.23. The highest BCUT2D eigenvalue weighted by Gasteiger charge is 2.18. The van der Waals surface area contributed by atoms with Crippen LogP contribution < -0.4 is 4.90 Å². The van der Waals surface area contributed by atoms with Gasteiger partial charge >= 0.3 is 0 Å². The molecule has 0 saturated carbocycles. The minimum Gasteiger partial charge on any atom is -0.354 e. The number of piperazine rings is 1. The lowest BCUT2D eigenvalue weighted by Gasteiger charge is -2.36. The number of hydrogen-bond acceptors (Lipinski definition) is 4. The Morgan fingerprint density at radius 3 is 2.65 bits per heavy atom. The molecular formula is C13H21N3S. The van der Waals surface area contributed by atoms with Crippen LogP contribution in [-0.2, 0) is 0 Å². The highest BCUT2D eigenvalue weighted by molar-refractivity contribution is 7.80. The molecule has 1 unspecified atom stereocenters. The van der Waals surface area contributed by atoms with E-state index < -0.39 is 0 Å². The lowest BCUT2D eigenvalue weighted by Crippen LogP contribution is -2.48. The molecule has 0 aliphatic carbocycles. The Morgan fingerprint density at radius 1 is 1.29 bits per heavy atom. The fourth-order valence-electron chi connectivity index (χ4n) is 2.20. The zero-order valence-electron chi connectivity index (χ0n) is 10.4. The maximum atomic E-state index is 4.40. The van der Waals surface area contributed by atoms with E-state index in [0.717, 1.165) is 37.7 Å². The molecule has 0 amide bonds. The molecule has 1 fully saturated rings. The van der Waals surface area contributed by atoms with Gasteiger partial charge in [-0.05, 0) is 23.8 Å². The Kier molecular flexibility index (Phi) is 4.68. The number of pyridine rings is 1. The van der Waals surface area contributed by atoms with Gasteiger partial charge in [-0.25, -0.2) is 4.98 Å². The first-order valence-corrected chi connectivity index (χ1v) is 6.92. The van der Waals surface area contributed by atoms with Crippen LogP contribution in [0.2, 0.25) is 0 Å². The van der Waals surface area contributed by atoms with Crippen LogP contribution in [0.25, 0.3) is 0 Å². The second-order valence-electron chi connectivity index (χ2n) is 4.76. The quantitative estimate of drug-likeness (QED) is 0.823. The first-order chi connectivity index (χ1) is 8.29. The predicted molar refractivity (Wildman–Crippen MR) is 75.9 cm³/mol. The van der Waals surface area contributed by atoms with Crippen molar-refractivity contribution < 1.29 is 0 Å². The molecule has 1 aliphatic heterocycles. The van der Waals surface area contributed by atoms with Crippen molar-refractivity contribution in [2.24, 2.45) is 5.92 Å². The standard InChI is InChI=1S/C13H21N3S/c1-12(11-17)10-15-6-8-16(9-7-15)13-4-2-3-5-14-13/h2-5,12,17H,6-11H2,1H3. The van der Waals surface area contributed by atoms with Gasteiger partial charge in [-0.1, -0.05) is 13.0 Å². The van der Waals surface area contributed by atoms with E-state index >= 15 is 0 Å². The molecule has 94 valence electrons. The Morgan fingerprint density at radius 2 is 2.06 bits per heavy atom. The van der Waals surface area contributed by atoms with Crippen LogP contribution in [0.1, 0.15) is 6.92 Å². The van der Waals surface area contributed by atoms with Crippen molar-refractivity contribution in [1.29, 1.82) is 0 Å². The van der Waals surface area contributed by atoms with Crippen molar-refractivity contribution in [2.75, 3.05) is 43.4 Å². The molecule has 1 aromatic rings. The monoisotopic (exact) mass is 251 g/mol. The van der Waals surface area contributed by atoms with Gasteiger partial charge in [0.2, 0.25) is 0 Å². The number of thiol groups is 1. The first-order valence-electron chi connectivity index (χ1n) is 6.29. The van der Waals surface area contributed by atoms with Gasteiger partial charge in [0.25, 0.3) is 0 Å². The van der Waals surface area contributed by atoms with Gasteiger partial charge in [0.05, 0.1) is 0 Å². The van der Waals surface area contributed by atoms with Crippen LogP contribution in [0, 0.1) is 5.92 Å². The normalized spacial score (nSPS) is 19.3. The van der Waals surface area contributed by atoms with Crippen LogP contribution in [0.3, 0.4) is 0 Å². The molecule has 0 spiro atoms. The van der Waals surface area contributed by atoms with E-state index in [1.54, 1.807) is 0 Å². The number of rotatable bonds is 4. The third kappa shape index (κ3) is 3.61. The van der Waals surface area contributed by atoms with Gasteiger partial charge < -0.3 is 4.90 Å². The Balaban J connectivity index is 1.82. The fourth-order valence-corrected chi connectivity index (χ4v) is 2.31. The van der Waals surface area contributed by atoms with E-state index in [0.29, 0.717) is 5.92 Å². The summed E-state index contributed by atoms with van der Waals surface area (Å²) in [4.78, 5) is 9.29. The predicted octanol–water partition coefficient (Wildman–Crippen LogP) is 1.77. The minimum atomic E-state index is 0.680. The summed E-state index contributed by atoms with van der Waals surface area (Å²) in [7, 11) is 0. The lowest BCUT2D eigenvalue weighted by molar-refractivity contribution is 0.232. The maximum absolute atomic E-state index is 4.40. The smallest absolute Gasteiger partial charge is 0.128 e. The molecule has 0 bridgehead atoms. The number of nitrogens with zero attached hydrogens (tertiary/aromatic N) is 3. The summed E-state index contributed by atoms with van der Waals surface area (Å²) in [6.07, 6.45) is 1.87. The molecule has 1 aliphatic rings. The summed E-state index contributed by atoms with van der Waals surface area (Å²) >= 11 is 4.34. The highest BCUT2D eigenvalue weighted by atomic mass is 32.1. The third-order valence-corrected chi connectivity index (χ3v) is 3.85. The van der Waals surface area contributed by atoms with E-state index in [-0.39, 0.29) is 0 Å². The molecule has 3 nitrogen and oxygen atoms in total. The molecular weight excluding hydrogens is 230 g/mol. The Bertz CT molecular complexity index is 323. The van der Waals surface area contributed by atoms with E-state index in [9.17, 15) is 0 Å². The molecule has 4 heteroatoms. The van der Waals surface area contributed by atoms with Crippen LogP contribution >= 0.6 is 12.6 Å². The summed E-state index contributed by atoms with van der Waals surface area (Å²) in [6, 6.07) is 6.11. The highest BCUT2D eigenvalue weighted by Crippen LogP contribution is 2.13. The number of hydrogen-bond donors (Lipinski definition) is 1. The average Bonchev–Trinajstić information content (AvgIpc) is 2.40. The topological polar surface area (TPSA) is 19.4 Å². The van der Waals surface area contributed by atoms with Gasteiger partial charge in [0.1, 0.15) is 5.82 Å². The molecule has 1 aromatic heterocycles. The molecule has 2 rings (SSSR count). The van der Waals surface area contributed by atoms with Gasteiger partial charge in [0, 0.05) is 38.9 Å². The summed E-state index contributed by atoms with van der Waals surface area (Å²) in [5, 5.41) is 0. The lowest BCUT2D eigenvalue weighted by atomic mass is 10.2. The van der Waals surface area contributed by atoms with E-state index in [2.05, 4.69) is 46.5 Å². The summed E-state index contributed by atoms with van der Waals surface area (Å²) in [5.74, 6) is 2.76. The maximum Gasteiger partial charge on any atom is 0.128 e. The first kappa shape index (κ1) is 12.7. The van der Waals surface area contributed by atoms with Crippen LogP contribution in [0.15, 0.2) is 24.4 Å². The molecule has 1 atom stereocenters.